The minimum absolute atomic E-state index is 0.344. The van der Waals surface area contributed by atoms with Gasteiger partial charge in [-0.3, -0.25) is 4.79 Å². The first-order chi connectivity index (χ1) is 9.25. The highest BCUT2D eigenvalue weighted by Gasteiger charge is 2.13. The van der Waals surface area contributed by atoms with Crippen LogP contribution in [0.3, 0.4) is 0 Å². The smallest absolute Gasteiger partial charge is 0.254 e. The molecule has 0 aliphatic carbocycles. The van der Waals surface area contributed by atoms with Crippen LogP contribution >= 0.6 is 11.6 Å². The Morgan fingerprint density at radius 1 is 1.05 bits per heavy atom. The molecular weight excluding hydrogens is 268 g/mol. The van der Waals surface area contributed by atoms with Crippen LogP contribution in [0, 0.1) is 0 Å². The number of halogens is 1. The molecule has 0 amide bonds. The highest BCUT2D eigenvalue weighted by atomic mass is 35.5. The topological polar surface area (TPSA) is 78.5 Å². The van der Waals surface area contributed by atoms with Gasteiger partial charge in [-0.25, -0.2) is 9.36 Å². The van der Waals surface area contributed by atoms with Gasteiger partial charge in [-0.2, -0.15) is 0 Å². The summed E-state index contributed by atoms with van der Waals surface area (Å²) in [7, 11) is 0. The Hall–Kier alpha value is -2.54. The van der Waals surface area contributed by atoms with Gasteiger partial charge in [0.2, 0.25) is 0 Å². The van der Waals surface area contributed by atoms with Crippen molar-refractivity contribution in [2.45, 2.75) is 0 Å². The lowest BCUT2D eigenvalue weighted by atomic mass is 10.1. The minimum atomic E-state index is -0.560. The number of nitrogens with zero attached hydrogens (tertiary/aromatic N) is 6. The van der Waals surface area contributed by atoms with Gasteiger partial charge in [0.05, 0.1) is 41.7 Å². The molecule has 0 fully saturated rings. The summed E-state index contributed by atoms with van der Waals surface area (Å²) in [6.07, 6.45) is 6.41. The van der Waals surface area contributed by atoms with Crippen LogP contribution < -0.4 is 0 Å². The van der Waals surface area contributed by atoms with Gasteiger partial charge in [0.25, 0.3) is 5.24 Å². The van der Waals surface area contributed by atoms with E-state index in [2.05, 4.69) is 20.6 Å². The molecule has 0 bridgehead atoms. The van der Waals surface area contributed by atoms with Crippen molar-refractivity contribution in [3.63, 3.8) is 0 Å². The third kappa shape index (κ3) is 2.11. The third-order valence-electron chi connectivity index (χ3n) is 2.55. The molecule has 0 saturated carbocycles. The van der Waals surface area contributed by atoms with E-state index in [4.69, 9.17) is 11.6 Å². The van der Waals surface area contributed by atoms with E-state index in [-0.39, 0.29) is 0 Å². The summed E-state index contributed by atoms with van der Waals surface area (Å²) in [5.74, 6) is 0. The van der Waals surface area contributed by atoms with Crippen molar-refractivity contribution in [1.29, 1.82) is 0 Å². The molecule has 1 aromatic carbocycles. The fraction of sp³-hybridized carbons (Fsp3) is 0. The summed E-state index contributed by atoms with van der Waals surface area (Å²) in [5.41, 5.74) is 1.62. The molecule has 0 atom stereocenters. The van der Waals surface area contributed by atoms with Gasteiger partial charge in [0, 0.05) is 0 Å². The Morgan fingerprint density at radius 3 is 2.32 bits per heavy atom. The van der Waals surface area contributed by atoms with Crippen LogP contribution in [0.2, 0.25) is 0 Å². The molecule has 2 heterocycles. The zero-order chi connectivity index (χ0) is 13.2. The van der Waals surface area contributed by atoms with E-state index in [1.54, 1.807) is 41.5 Å². The van der Waals surface area contributed by atoms with E-state index in [1.807, 2.05) is 0 Å². The number of hydrogen-bond donors (Lipinski definition) is 0. The lowest BCUT2D eigenvalue weighted by molar-refractivity contribution is 0.108. The van der Waals surface area contributed by atoms with Crippen molar-refractivity contribution in [2.24, 2.45) is 0 Å². The summed E-state index contributed by atoms with van der Waals surface area (Å²) in [6, 6.07) is 5.08. The number of hydrogen-bond acceptors (Lipinski definition) is 5. The van der Waals surface area contributed by atoms with Gasteiger partial charge in [0.15, 0.2) is 0 Å². The van der Waals surface area contributed by atoms with Crippen LogP contribution in [0.15, 0.2) is 43.0 Å². The summed E-state index contributed by atoms with van der Waals surface area (Å²) < 4.78 is 3.04. The van der Waals surface area contributed by atoms with Gasteiger partial charge >= 0.3 is 0 Å². The van der Waals surface area contributed by atoms with Crippen molar-refractivity contribution in [1.82, 2.24) is 30.0 Å². The van der Waals surface area contributed by atoms with Crippen molar-refractivity contribution < 1.29 is 4.79 Å². The van der Waals surface area contributed by atoms with Crippen molar-refractivity contribution in [3.05, 3.63) is 48.5 Å². The zero-order valence-corrected chi connectivity index (χ0v) is 10.3. The molecule has 3 aromatic rings. The summed E-state index contributed by atoms with van der Waals surface area (Å²) >= 11 is 5.57. The van der Waals surface area contributed by atoms with Crippen LogP contribution in [0.1, 0.15) is 10.4 Å². The molecular formula is C11H7ClN6O. The largest absolute Gasteiger partial charge is 0.276 e. The number of benzene rings is 1. The molecule has 0 aliphatic rings. The van der Waals surface area contributed by atoms with Gasteiger partial charge in [-0.1, -0.05) is 10.4 Å². The Kier molecular flexibility index (Phi) is 2.81. The molecule has 0 spiro atoms. The second kappa shape index (κ2) is 4.62. The maximum atomic E-state index is 11.4. The molecule has 8 heteroatoms. The third-order valence-corrected chi connectivity index (χ3v) is 2.75. The van der Waals surface area contributed by atoms with Gasteiger partial charge in [-0.05, 0) is 29.8 Å². The van der Waals surface area contributed by atoms with Gasteiger partial charge in [-0.15, -0.1) is 10.2 Å². The second-order valence-electron chi connectivity index (χ2n) is 3.67. The zero-order valence-electron chi connectivity index (χ0n) is 9.51. The van der Waals surface area contributed by atoms with E-state index in [9.17, 15) is 4.79 Å². The van der Waals surface area contributed by atoms with E-state index in [0.29, 0.717) is 11.3 Å². The molecule has 19 heavy (non-hydrogen) atoms. The number of carbonyl (C=O) groups is 1. The molecule has 0 saturated heterocycles. The standard InChI is InChI=1S/C11H7ClN6O/c12-11(19)9-2-1-8(17-5-3-13-15-17)7-10(9)18-6-4-14-16-18/h1-7H. The summed E-state index contributed by atoms with van der Waals surface area (Å²) in [6.45, 7) is 0. The molecule has 2 aromatic heterocycles. The van der Waals surface area contributed by atoms with E-state index >= 15 is 0 Å². The fourth-order valence-corrected chi connectivity index (χ4v) is 1.86. The van der Waals surface area contributed by atoms with E-state index < -0.39 is 5.24 Å². The van der Waals surface area contributed by atoms with Gasteiger partial charge in [0.1, 0.15) is 0 Å². The molecule has 3 rings (SSSR count). The molecule has 0 N–H and O–H groups in total. The van der Waals surface area contributed by atoms with Crippen LogP contribution in [-0.2, 0) is 0 Å². The number of carbonyl (C=O) groups excluding carboxylic acids is 1. The van der Waals surface area contributed by atoms with Crippen molar-refractivity contribution >= 4 is 16.8 Å². The maximum absolute atomic E-state index is 11.4. The van der Waals surface area contributed by atoms with Crippen LogP contribution in [-0.4, -0.2) is 35.2 Å². The van der Waals surface area contributed by atoms with Gasteiger partial charge < -0.3 is 0 Å². The summed E-state index contributed by atoms with van der Waals surface area (Å²) in [5, 5.41) is 14.6. The maximum Gasteiger partial charge on any atom is 0.254 e. The van der Waals surface area contributed by atoms with Crippen molar-refractivity contribution in [3.8, 4) is 11.4 Å². The first-order valence-corrected chi connectivity index (χ1v) is 5.71. The quantitative estimate of drug-likeness (QED) is 0.671. The minimum Gasteiger partial charge on any atom is -0.276 e. The highest BCUT2D eigenvalue weighted by molar-refractivity contribution is 6.68. The Morgan fingerprint density at radius 2 is 1.74 bits per heavy atom. The molecule has 0 unspecified atom stereocenters. The number of rotatable bonds is 3. The molecule has 0 radical (unpaired) electrons. The monoisotopic (exact) mass is 274 g/mol. The van der Waals surface area contributed by atoms with Crippen LogP contribution in [0.4, 0.5) is 0 Å². The average Bonchev–Trinajstić information content (AvgIpc) is 3.11. The average molecular weight is 275 g/mol. The predicted octanol–water partition coefficient (Wildman–Crippen LogP) is 1.23. The number of aromatic nitrogens is 6. The fourth-order valence-electron chi connectivity index (χ4n) is 1.70. The normalized spacial score (nSPS) is 10.6. The second-order valence-corrected chi connectivity index (χ2v) is 4.01. The first kappa shape index (κ1) is 11.5. The Bertz CT molecular complexity index is 707. The lowest BCUT2D eigenvalue weighted by Crippen LogP contribution is -2.05. The Balaban J connectivity index is 2.18. The highest BCUT2D eigenvalue weighted by Crippen LogP contribution is 2.19. The first-order valence-electron chi connectivity index (χ1n) is 5.33. The predicted molar refractivity (Wildman–Crippen MR) is 66.5 cm³/mol. The van der Waals surface area contributed by atoms with Crippen LogP contribution in [0.5, 0.6) is 0 Å². The Labute approximate surface area is 112 Å². The van der Waals surface area contributed by atoms with E-state index in [0.717, 1.165) is 5.69 Å². The molecule has 0 aliphatic heterocycles. The summed E-state index contributed by atoms with van der Waals surface area (Å²) in [4.78, 5) is 11.4. The molecule has 7 nitrogen and oxygen atoms in total. The van der Waals surface area contributed by atoms with E-state index in [1.165, 1.54) is 10.9 Å². The van der Waals surface area contributed by atoms with Crippen molar-refractivity contribution in [2.75, 3.05) is 0 Å². The molecule has 94 valence electrons. The lowest BCUT2D eigenvalue weighted by Gasteiger charge is -2.08. The SMILES string of the molecule is O=C(Cl)c1ccc(-n2ccnn2)cc1-n1ccnn1. The van der Waals surface area contributed by atoms with Crippen LogP contribution in [0.25, 0.3) is 11.4 Å².